The van der Waals surface area contributed by atoms with Gasteiger partial charge in [-0.1, -0.05) is 23.5 Å². The molecule has 2 aromatic carbocycles. The predicted molar refractivity (Wildman–Crippen MR) is 98.6 cm³/mol. The fourth-order valence-corrected chi connectivity index (χ4v) is 4.09. The van der Waals surface area contributed by atoms with E-state index in [0.717, 1.165) is 15.6 Å². The number of benzene rings is 2. The van der Waals surface area contributed by atoms with Crippen LogP contribution in [0.15, 0.2) is 57.9 Å². The Bertz CT molecular complexity index is 1370. The molecular weight excluding hydrogens is 355 g/mol. The van der Waals surface area contributed by atoms with E-state index in [1.807, 2.05) is 16.5 Å². The number of methoxy groups -OCH3 is 1. The second-order valence-electron chi connectivity index (χ2n) is 5.82. The molecule has 0 aliphatic rings. The average Bonchev–Trinajstić information content (AvgIpc) is 3.17. The minimum Gasteiger partial charge on any atom is -0.493 e. The third-order valence-electron chi connectivity index (χ3n) is 4.28. The molecule has 0 atom stereocenters. The van der Waals surface area contributed by atoms with Crippen LogP contribution in [0.1, 0.15) is 0 Å². The number of para-hydroxylation sites is 1. The summed E-state index contributed by atoms with van der Waals surface area (Å²) in [5.41, 5.74) is 1.66. The first-order valence-electron chi connectivity index (χ1n) is 7.82. The molecule has 5 aromatic rings. The van der Waals surface area contributed by atoms with Crippen LogP contribution in [-0.2, 0) is 0 Å². The van der Waals surface area contributed by atoms with Crippen molar-refractivity contribution in [1.82, 2.24) is 9.38 Å². The molecule has 0 amide bonds. The lowest BCUT2D eigenvalue weighted by molar-refractivity contribution is 0.407. The molecule has 0 N–H and O–H groups in total. The van der Waals surface area contributed by atoms with E-state index in [0.29, 0.717) is 27.6 Å². The van der Waals surface area contributed by atoms with Crippen molar-refractivity contribution in [3.8, 4) is 17.0 Å². The van der Waals surface area contributed by atoms with Crippen molar-refractivity contribution in [3.63, 3.8) is 0 Å². The summed E-state index contributed by atoms with van der Waals surface area (Å²) in [5.74, 6) is 0.219. The number of aromatic nitrogens is 2. The van der Waals surface area contributed by atoms with Crippen molar-refractivity contribution < 1.29 is 13.5 Å². The van der Waals surface area contributed by atoms with Crippen molar-refractivity contribution in [1.29, 1.82) is 0 Å². The van der Waals surface area contributed by atoms with Crippen LogP contribution in [0.3, 0.4) is 0 Å². The highest BCUT2D eigenvalue weighted by Crippen LogP contribution is 2.31. The van der Waals surface area contributed by atoms with Gasteiger partial charge in [0, 0.05) is 11.6 Å². The smallest absolute Gasteiger partial charge is 0.345 e. The molecule has 0 aliphatic carbocycles. The van der Waals surface area contributed by atoms with E-state index in [4.69, 9.17) is 9.15 Å². The lowest BCUT2D eigenvalue weighted by Crippen LogP contribution is -2.03. The van der Waals surface area contributed by atoms with E-state index in [-0.39, 0.29) is 5.82 Å². The van der Waals surface area contributed by atoms with Crippen molar-refractivity contribution in [2.24, 2.45) is 0 Å². The third kappa shape index (κ3) is 2.14. The number of imidazole rings is 1. The molecule has 3 aromatic heterocycles. The molecule has 26 heavy (non-hydrogen) atoms. The van der Waals surface area contributed by atoms with Crippen LogP contribution in [0.4, 0.5) is 4.39 Å². The zero-order valence-electron chi connectivity index (χ0n) is 13.5. The van der Waals surface area contributed by atoms with Gasteiger partial charge in [-0.2, -0.15) is 0 Å². The first-order valence-corrected chi connectivity index (χ1v) is 8.64. The molecular formula is C19H11FN2O3S. The highest BCUT2D eigenvalue weighted by atomic mass is 32.1. The summed E-state index contributed by atoms with van der Waals surface area (Å²) in [6.07, 6.45) is 1.77. The molecule has 0 saturated carbocycles. The molecule has 7 heteroatoms. The Balaban J connectivity index is 1.74. The fourth-order valence-electron chi connectivity index (χ4n) is 3.06. The molecule has 128 valence electrons. The summed E-state index contributed by atoms with van der Waals surface area (Å²) in [6.45, 7) is 0. The van der Waals surface area contributed by atoms with E-state index in [9.17, 15) is 9.18 Å². The Hall–Kier alpha value is -3.19. The molecule has 0 aliphatic heterocycles. The van der Waals surface area contributed by atoms with Crippen molar-refractivity contribution in [2.45, 2.75) is 0 Å². The quantitative estimate of drug-likeness (QED) is 0.433. The maximum absolute atomic E-state index is 13.4. The second kappa shape index (κ2) is 5.40. The number of thiazole rings is 1. The van der Waals surface area contributed by atoms with Gasteiger partial charge in [0.2, 0.25) is 0 Å². The topological polar surface area (TPSA) is 56.7 Å². The molecule has 0 fully saturated rings. The largest absolute Gasteiger partial charge is 0.493 e. The Morgan fingerprint density at radius 3 is 2.96 bits per heavy atom. The number of fused-ring (bicyclic) bond motifs is 4. The number of halogens is 1. The second-order valence-corrected chi connectivity index (χ2v) is 6.83. The molecule has 0 bridgehead atoms. The van der Waals surface area contributed by atoms with Crippen molar-refractivity contribution in [3.05, 3.63) is 64.9 Å². The summed E-state index contributed by atoms with van der Waals surface area (Å²) in [4.78, 5) is 17.7. The van der Waals surface area contributed by atoms with Crippen LogP contribution in [0.25, 0.3) is 37.4 Å². The normalized spacial score (nSPS) is 11.6. The van der Waals surface area contributed by atoms with Gasteiger partial charge in [-0.3, -0.25) is 4.40 Å². The molecule has 5 rings (SSSR count). The van der Waals surface area contributed by atoms with Gasteiger partial charge in [0.25, 0.3) is 0 Å². The van der Waals surface area contributed by atoms with Crippen LogP contribution in [0.2, 0.25) is 0 Å². The Morgan fingerprint density at radius 2 is 2.12 bits per heavy atom. The van der Waals surface area contributed by atoms with E-state index in [2.05, 4.69) is 4.98 Å². The van der Waals surface area contributed by atoms with E-state index < -0.39 is 5.63 Å². The van der Waals surface area contributed by atoms with Gasteiger partial charge in [0.1, 0.15) is 5.82 Å². The van der Waals surface area contributed by atoms with E-state index in [1.54, 1.807) is 24.4 Å². The number of nitrogens with zero attached hydrogens (tertiary/aromatic N) is 2. The van der Waals surface area contributed by atoms with Crippen LogP contribution in [0, 0.1) is 5.82 Å². The fraction of sp³-hybridized carbons (Fsp3) is 0.0526. The number of hydrogen-bond acceptors (Lipinski definition) is 5. The van der Waals surface area contributed by atoms with Gasteiger partial charge >= 0.3 is 5.63 Å². The van der Waals surface area contributed by atoms with E-state index >= 15 is 0 Å². The highest BCUT2D eigenvalue weighted by molar-refractivity contribution is 7.23. The number of rotatable bonds is 2. The zero-order valence-corrected chi connectivity index (χ0v) is 14.3. The zero-order chi connectivity index (χ0) is 17.8. The summed E-state index contributed by atoms with van der Waals surface area (Å²) < 4.78 is 26.8. The summed E-state index contributed by atoms with van der Waals surface area (Å²) in [5, 5.41) is 0.752. The lowest BCUT2D eigenvalue weighted by Gasteiger charge is -2.04. The molecule has 5 nitrogen and oxygen atoms in total. The van der Waals surface area contributed by atoms with Crippen LogP contribution in [-0.4, -0.2) is 16.5 Å². The minimum absolute atomic E-state index is 0.286. The maximum Gasteiger partial charge on any atom is 0.345 e. The highest BCUT2D eigenvalue weighted by Gasteiger charge is 2.16. The number of ether oxygens (including phenoxy) is 1. The van der Waals surface area contributed by atoms with Crippen molar-refractivity contribution in [2.75, 3.05) is 7.11 Å². The van der Waals surface area contributed by atoms with Gasteiger partial charge < -0.3 is 9.15 Å². The lowest BCUT2D eigenvalue weighted by atomic mass is 10.1. The molecule has 0 radical (unpaired) electrons. The Kier molecular flexibility index (Phi) is 3.14. The van der Waals surface area contributed by atoms with Gasteiger partial charge in [0.15, 0.2) is 16.3 Å². The summed E-state index contributed by atoms with van der Waals surface area (Å²) >= 11 is 1.37. The number of hydrogen-bond donors (Lipinski definition) is 0. The van der Waals surface area contributed by atoms with Crippen LogP contribution >= 0.6 is 11.3 Å². The molecule has 0 spiro atoms. The Labute approximate surface area is 149 Å². The predicted octanol–water partition coefficient (Wildman–Crippen LogP) is 4.47. The van der Waals surface area contributed by atoms with Gasteiger partial charge in [0.05, 0.1) is 28.6 Å². The van der Waals surface area contributed by atoms with Crippen LogP contribution in [0.5, 0.6) is 5.75 Å². The van der Waals surface area contributed by atoms with E-state index in [1.165, 1.54) is 30.6 Å². The minimum atomic E-state index is -0.483. The first-order chi connectivity index (χ1) is 12.6. The molecule has 0 saturated heterocycles. The standard InChI is InChI=1S/C19H11FN2O3S/c1-24-15-4-2-3-10-7-12(18(23)25-17(10)15)13-9-22-14-6-5-11(20)8-16(14)26-19(22)21-13/h2-9H,1H3. The summed E-state index contributed by atoms with van der Waals surface area (Å²) in [7, 11) is 1.53. The maximum atomic E-state index is 13.4. The first kappa shape index (κ1) is 15.1. The van der Waals surface area contributed by atoms with Gasteiger partial charge in [-0.15, -0.1) is 0 Å². The molecule has 0 unspecified atom stereocenters. The third-order valence-corrected chi connectivity index (χ3v) is 5.29. The van der Waals surface area contributed by atoms with Gasteiger partial charge in [-0.25, -0.2) is 14.2 Å². The SMILES string of the molecule is COc1cccc2cc(-c3cn4c(n3)sc3cc(F)ccc34)c(=O)oc12. The average molecular weight is 366 g/mol. The summed E-state index contributed by atoms with van der Waals surface area (Å²) in [6, 6.07) is 11.8. The van der Waals surface area contributed by atoms with Gasteiger partial charge in [-0.05, 0) is 30.3 Å². The molecule has 3 heterocycles. The monoisotopic (exact) mass is 366 g/mol. The van der Waals surface area contributed by atoms with Crippen molar-refractivity contribution >= 4 is 37.5 Å². The Morgan fingerprint density at radius 1 is 1.23 bits per heavy atom. The van der Waals surface area contributed by atoms with Crippen LogP contribution < -0.4 is 10.4 Å².